The standard InChI is InChI=1S/C22H27N5O3S/c1-3-30-21(29)15-23-20(28)16-31-22-25-24-19(14-18-10-7-12-26(18)2)27(22)13-11-17-8-5-4-6-9-17/h4-10,12H,3,11,13-16H2,1-2H3,(H,23,28). The lowest BCUT2D eigenvalue weighted by Crippen LogP contribution is -2.31. The van der Waals surface area contributed by atoms with E-state index in [2.05, 4.69) is 42.8 Å². The van der Waals surface area contributed by atoms with Crippen LogP contribution in [0.15, 0.2) is 53.8 Å². The molecular formula is C22H27N5O3S. The monoisotopic (exact) mass is 441 g/mol. The molecule has 0 unspecified atom stereocenters. The summed E-state index contributed by atoms with van der Waals surface area (Å²) in [5.41, 5.74) is 2.36. The fourth-order valence-corrected chi connectivity index (χ4v) is 3.89. The van der Waals surface area contributed by atoms with Gasteiger partial charge in [-0.15, -0.1) is 10.2 Å². The maximum atomic E-state index is 12.1. The van der Waals surface area contributed by atoms with E-state index in [1.807, 2.05) is 37.5 Å². The number of hydrogen-bond acceptors (Lipinski definition) is 6. The molecule has 0 aliphatic heterocycles. The van der Waals surface area contributed by atoms with Crippen molar-refractivity contribution in [3.8, 4) is 0 Å². The maximum absolute atomic E-state index is 12.1. The Morgan fingerprint density at radius 2 is 1.94 bits per heavy atom. The van der Waals surface area contributed by atoms with Crippen molar-refractivity contribution in [2.75, 3.05) is 18.9 Å². The Hall–Kier alpha value is -3.07. The van der Waals surface area contributed by atoms with Crippen LogP contribution in [0, 0.1) is 0 Å². The molecular weight excluding hydrogens is 414 g/mol. The number of rotatable bonds is 11. The van der Waals surface area contributed by atoms with Gasteiger partial charge in [0.1, 0.15) is 12.4 Å². The molecule has 8 nitrogen and oxygen atoms in total. The minimum absolute atomic E-state index is 0.132. The van der Waals surface area contributed by atoms with Crippen LogP contribution in [0.4, 0.5) is 0 Å². The highest BCUT2D eigenvalue weighted by Gasteiger charge is 2.16. The molecule has 0 saturated carbocycles. The van der Waals surface area contributed by atoms with Gasteiger partial charge in [-0.05, 0) is 31.0 Å². The predicted molar refractivity (Wildman–Crippen MR) is 119 cm³/mol. The van der Waals surface area contributed by atoms with Crippen LogP contribution in [0.3, 0.4) is 0 Å². The molecule has 1 amide bonds. The summed E-state index contributed by atoms with van der Waals surface area (Å²) in [6.45, 7) is 2.60. The fourth-order valence-electron chi connectivity index (χ4n) is 3.07. The summed E-state index contributed by atoms with van der Waals surface area (Å²) < 4.78 is 8.96. The Balaban J connectivity index is 1.67. The predicted octanol–water partition coefficient (Wildman–Crippen LogP) is 2.22. The zero-order chi connectivity index (χ0) is 22.1. The van der Waals surface area contributed by atoms with Crippen LogP contribution in [0.1, 0.15) is 24.0 Å². The van der Waals surface area contributed by atoms with Gasteiger partial charge in [0.05, 0.1) is 12.4 Å². The third-order valence-electron chi connectivity index (χ3n) is 4.72. The lowest BCUT2D eigenvalue weighted by Gasteiger charge is -2.11. The number of ether oxygens (including phenoxy) is 1. The number of aromatic nitrogens is 4. The third-order valence-corrected chi connectivity index (χ3v) is 5.69. The first-order valence-electron chi connectivity index (χ1n) is 10.2. The minimum Gasteiger partial charge on any atom is -0.465 e. The van der Waals surface area contributed by atoms with E-state index < -0.39 is 5.97 Å². The van der Waals surface area contributed by atoms with Crippen molar-refractivity contribution in [2.45, 2.75) is 31.5 Å². The van der Waals surface area contributed by atoms with Gasteiger partial charge in [-0.25, -0.2) is 0 Å². The fraction of sp³-hybridized carbons (Fsp3) is 0.364. The van der Waals surface area contributed by atoms with Gasteiger partial charge < -0.3 is 19.2 Å². The van der Waals surface area contributed by atoms with Crippen LogP contribution >= 0.6 is 11.8 Å². The molecule has 164 valence electrons. The number of amides is 1. The van der Waals surface area contributed by atoms with Gasteiger partial charge in [-0.3, -0.25) is 9.59 Å². The molecule has 0 spiro atoms. The van der Waals surface area contributed by atoms with Crippen LogP contribution in [0.5, 0.6) is 0 Å². The number of carbonyl (C=O) groups is 2. The quantitative estimate of drug-likeness (QED) is 0.362. The summed E-state index contributed by atoms with van der Waals surface area (Å²) in [7, 11) is 2.00. The summed E-state index contributed by atoms with van der Waals surface area (Å²) in [6, 6.07) is 14.3. The van der Waals surface area contributed by atoms with Gasteiger partial charge in [0.15, 0.2) is 5.16 Å². The number of aryl methyl sites for hydroxylation is 2. The van der Waals surface area contributed by atoms with Crippen LogP contribution in [-0.2, 0) is 40.8 Å². The zero-order valence-corrected chi connectivity index (χ0v) is 18.6. The number of nitrogens with zero attached hydrogens (tertiary/aromatic N) is 4. The topological polar surface area (TPSA) is 91.0 Å². The molecule has 0 atom stereocenters. The number of benzene rings is 1. The molecule has 31 heavy (non-hydrogen) atoms. The minimum atomic E-state index is -0.447. The van der Waals surface area contributed by atoms with E-state index in [-0.39, 0.29) is 24.8 Å². The number of nitrogens with one attached hydrogen (secondary N) is 1. The molecule has 1 aromatic carbocycles. The van der Waals surface area contributed by atoms with Crippen molar-refractivity contribution in [3.05, 3.63) is 65.7 Å². The Morgan fingerprint density at radius 3 is 2.65 bits per heavy atom. The number of esters is 1. The normalized spacial score (nSPS) is 10.8. The zero-order valence-electron chi connectivity index (χ0n) is 17.8. The smallest absolute Gasteiger partial charge is 0.325 e. The summed E-state index contributed by atoms with van der Waals surface area (Å²) in [5, 5.41) is 12.0. The lowest BCUT2D eigenvalue weighted by atomic mass is 10.1. The Bertz CT molecular complexity index is 1000. The number of hydrogen-bond donors (Lipinski definition) is 1. The summed E-state index contributed by atoms with van der Waals surface area (Å²) in [5.74, 6) is 0.302. The second kappa shape index (κ2) is 11.4. The molecule has 3 aromatic rings. The highest BCUT2D eigenvalue weighted by atomic mass is 32.2. The molecule has 2 heterocycles. The molecule has 0 saturated heterocycles. The van der Waals surface area contributed by atoms with E-state index in [1.54, 1.807) is 6.92 Å². The average Bonchev–Trinajstić information content (AvgIpc) is 3.36. The van der Waals surface area contributed by atoms with E-state index in [0.717, 1.165) is 17.9 Å². The molecule has 2 aromatic heterocycles. The SMILES string of the molecule is CCOC(=O)CNC(=O)CSc1nnc(Cc2cccn2C)n1CCc1ccccc1. The van der Waals surface area contributed by atoms with E-state index in [0.29, 0.717) is 18.1 Å². The molecule has 0 aliphatic rings. The number of carbonyl (C=O) groups excluding carboxylic acids is 2. The summed E-state index contributed by atoms with van der Waals surface area (Å²) in [4.78, 5) is 23.5. The van der Waals surface area contributed by atoms with Crippen LogP contribution in [-0.4, -0.2) is 50.1 Å². The van der Waals surface area contributed by atoms with Gasteiger partial charge in [-0.1, -0.05) is 42.1 Å². The number of thioether (sulfide) groups is 1. The van der Waals surface area contributed by atoms with Crippen molar-refractivity contribution in [3.63, 3.8) is 0 Å². The van der Waals surface area contributed by atoms with Gasteiger partial charge in [0.2, 0.25) is 5.91 Å². The third kappa shape index (κ3) is 6.71. The van der Waals surface area contributed by atoms with E-state index in [9.17, 15) is 9.59 Å². The lowest BCUT2D eigenvalue weighted by molar-refractivity contribution is -0.143. The molecule has 0 bridgehead atoms. The van der Waals surface area contributed by atoms with E-state index >= 15 is 0 Å². The maximum Gasteiger partial charge on any atom is 0.325 e. The second-order valence-corrected chi connectivity index (χ2v) is 7.89. The second-order valence-electron chi connectivity index (χ2n) is 6.94. The molecule has 0 aliphatic carbocycles. The largest absolute Gasteiger partial charge is 0.465 e. The molecule has 3 rings (SSSR count). The van der Waals surface area contributed by atoms with Crippen molar-refractivity contribution >= 4 is 23.6 Å². The van der Waals surface area contributed by atoms with E-state index in [4.69, 9.17) is 4.74 Å². The Morgan fingerprint density at radius 1 is 1.13 bits per heavy atom. The van der Waals surface area contributed by atoms with Gasteiger partial charge in [0.25, 0.3) is 0 Å². The van der Waals surface area contributed by atoms with Crippen molar-refractivity contribution in [1.29, 1.82) is 0 Å². The highest BCUT2D eigenvalue weighted by Crippen LogP contribution is 2.20. The van der Waals surface area contributed by atoms with Crippen LogP contribution < -0.4 is 5.32 Å². The van der Waals surface area contributed by atoms with Crippen LogP contribution in [0.2, 0.25) is 0 Å². The van der Waals surface area contributed by atoms with Crippen molar-refractivity contribution < 1.29 is 14.3 Å². The summed E-state index contributed by atoms with van der Waals surface area (Å²) >= 11 is 1.31. The van der Waals surface area contributed by atoms with Crippen molar-refractivity contribution in [2.24, 2.45) is 7.05 Å². The molecule has 9 heteroatoms. The van der Waals surface area contributed by atoms with Gasteiger partial charge in [-0.2, -0.15) is 0 Å². The summed E-state index contributed by atoms with van der Waals surface area (Å²) in [6.07, 6.45) is 3.49. The van der Waals surface area contributed by atoms with E-state index in [1.165, 1.54) is 17.3 Å². The Kier molecular flexibility index (Phi) is 8.28. The highest BCUT2D eigenvalue weighted by molar-refractivity contribution is 7.99. The Labute approximate surface area is 186 Å². The van der Waals surface area contributed by atoms with Crippen molar-refractivity contribution in [1.82, 2.24) is 24.6 Å². The van der Waals surface area contributed by atoms with Crippen LogP contribution in [0.25, 0.3) is 0 Å². The first-order valence-corrected chi connectivity index (χ1v) is 11.2. The first-order chi connectivity index (χ1) is 15.1. The van der Waals surface area contributed by atoms with Gasteiger partial charge >= 0.3 is 5.97 Å². The molecule has 0 radical (unpaired) electrons. The average molecular weight is 442 g/mol. The van der Waals surface area contributed by atoms with Gasteiger partial charge in [0, 0.05) is 31.9 Å². The molecule has 1 N–H and O–H groups in total. The molecule has 0 fully saturated rings. The first kappa shape index (κ1) is 22.6.